The minimum Gasteiger partial charge on any atom is -0.244 e. The molecule has 0 spiro atoms. The van der Waals surface area contributed by atoms with E-state index in [9.17, 15) is 4.79 Å². The lowest BCUT2D eigenvalue weighted by Crippen LogP contribution is -2.07. The summed E-state index contributed by atoms with van der Waals surface area (Å²) in [5.41, 5.74) is 4.47. The topological polar surface area (TPSA) is 71.0 Å². The first-order chi connectivity index (χ1) is 12.5. The van der Waals surface area contributed by atoms with Gasteiger partial charge in [-0.1, -0.05) is 41.4 Å². The number of aromatic nitrogens is 2. The largest absolute Gasteiger partial charge is 0.369 e. The minimum absolute atomic E-state index is 0.459. The summed E-state index contributed by atoms with van der Waals surface area (Å²) in [4.78, 5) is 16.5. The molecule has 7 heteroatoms. The van der Waals surface area contributed by atoms with Crippen LogP contribution in [0.4, 0.5) is 4.79 Å². The SMILES string of the molecule is Cc1nn2c(c1-c1ccc(Cl)cc1Cl)C(c1ccc(C#N)cc1)=NC2=O. The first kappa shape index (κ1) is 16.5. The third-order valence-corrected chi connectivity index (χ3v) is 4.71. The average molecular weight is 381 g/mol. The lowest BCUT2D eigenvalue weighted by molar-refractivity contribution is 0.249. The molecule has 26 heavy (non-hydrogen) atoms. The molecule has 0 aliphatic carbocycles. The number of hydrogen-bond donors (Lipinski definition) is 0. The number of nitrogens with zero attached hydrogens (tertiary/aromatic N) is 4. The van der Waals surface area contributed by atoms with Crippen LogP contribution in [-0.2, 0) is 0 Å². The second-order valence-corrected chi connectivity index (χ2v) is 6.62. The van der Waals surface area contributed by atoms with Gasteiger partial charge >= 0.3 is 6.03 Å². The number of rotatable bonds is 2. The van der Waals surface area contributed by atoms with E-state index in [0.29, 0.717) is 32.7 Å². The fourth-order valence-corrected chi connectivity index (χ4v) is 3.50. The fraction of sp³-hybridized carbons (Fsp3) is 0.0526. The molecule has 4 rings (SSSR count). The molecule has 3 aromatic rings. The van der Waals surface area contributed by atoms with Gasteiger partial charge in [0.2, 0.25) is 0 Å². The Labute approximate surface area is 159 Å². The van der Waals surface area contributed by atoms with Crippen molar-refractivity contribution >= 4 is 34.9 Å². The summed E-state index contributed by atoms with van der Waals surface area (Å²) in [5, 5.41) is 14.3. The number of nitriles is 1. The van der Waals surface area contributed by atoms with Crippen molar-refractivity contribution in [2.24, 2.45) is 4.99 Å². The standard InChI is InChI=1S/C19H10Cl2N4O/c1-10-16(14-7-6-13(20)8-15(14)21)18-17(23-19(26)25(18)24-10)12-4-2-11(9-22)3-5-12/h2-8H,1H3. The van der Waals surface area contributed by atoms with Crippen molar-refractivity contribution in [1.29, 1.82) is 5.26 Å². The zero-order chi connectivity index (χ0) is 18.4. The highest BCUT2D eigenvalue weighted by molar-refractivity contribution is 6.37. The second-order valence-electron chi connectivity index (χ2n) is 5.78. The number of halogens is 2. The molecule has 1 aliphatic heterocycles. The molecular weight excluding hydrogens is 371 g/mol. The molecular formula is C19H10Cl2N4O. The van der Waals surface area contributed by atoms with Crippen molar-refractivity contribution < 1.29 is 4.79 Å². The van der Waals surface area contributed by atoms with E-state index in [0.717, 1.165) is 16.7 Å². The average Bonchev–Trinajstić information content (AvgIpc) is 3.12. The van der Waals surface area contributed by atoms with Crippen LogP contribution in [0.1, 0.15) is 22.5 Å². The van der Waals surface area contributed by atoms with Gasteiger partial charge in [-0.2, -0.15) is 20.0 Å². The summed E-state index contributed by atoms with van der Waals surface area (Å²) < 4.78 is 1.28. The van der Waals surface area contributed by atoms with Crippen molar-refractivity contribution in [1.82, 2.24) is 9.78 Å². The quantitative estimate of drug-likeness (QED) is 0.637. The molecule has 2 heterocycles. The number of amides is 1. The summed E-state index contributed by atoms with van der Waals surface area (Å²) in [5.74, 6) is 0. The maximum absolute atomic E-state index is 12.3. The molecule has 0 fully saturated rings. The lowest BCUT2D eigenvalue weighted by atomic mass is 9.97. The van der Waals surface area contributed by atoms with Gasteiger partial charge in [0, 0.05) is 21.7 Å². The first-order valence-electron chi connectivity index (χ1n) is 7.68. The van der Waals surface area contributed by atoms with Gasteiger partial charge in [-0.25, -0.2) is 4.79 Å². The van der Waals surface area contributed by atoms with E-state index < -0.39 is 6.03 Å². The normalized spacial score (nSPS) is 12.7. The van der Waals surface area contributed by atoms with E-state index in [2.05, 4.69) is 16.2 Å². The number of benzene rings is 2. The smallest absolute Gasteiger partial charge is 0.244 e. The Morgan fingerprint density at radius 1 is 1.12 bits per heavy atom. The van der Waals surface area contributed by atoms with E-state index in [4.69, 9.17) is 28.5 Å². The monoisotopic (exact) mass is 380 g/mol. The molecule has 0 saturated carbocycles. The molecule has 0 unspecified atom stereocenters. The van der Waals surface area contributed by atoms with Gasteiger partial charge in [-0.3, -0.25) is 0 Å². The number of hydrogen-bond acceptors (Lipinski definition) is 3. The molecule has 2 aromatic carbocycles. The zero-order valence-electron chi connectivity index (χ0n) is 13.5. The highest BCUT2D eigenvalue weighted by Crippen LogP contribution is 2.37. The Hall–Kier alpha value is -2.94. The highest BCUT2D eigenvalue weighted by Gasteiger charge is 2.31. The number of carbonyl (C=O) groups excluding carboxylic acids is 1. The molecule has 0 saturated heterocycles. The van der Waals surface area contributed by atoms with Crippen LogP contribution in [0.5, 0.6) is 0 Å². The molecule has 1 aromatic heterocycles. The molecule has 0 bridgehead atoms. The van der Waals surface area contributed by atoms with Crippen molar-refractivity contribution in [3.63, 3.8) is 0 Å². The molecule has 126 valence electrons. The fourth-order valence-electron chi connectivity index (χ4n) is 3.00. The van der Waals surface area contributed by atoms with Crippen molar-refractivity contribution in [2.45, 2.75) is 6.92 Å². The van der Waals surface area contributed by atoms with Gasteiger partial charge in [0.15, 0.2) is 0 Å². The Bertz CT molecular complexity index is 1140. The van der Waals surface area contributed by atoms with Crippen molar-refractivity contribution in [3.05, 3.63) is 75.0 Å². The summed E-state index contributed by atoms with van der Waals surface area (Å²) in [6, 6.07) is 13.7. The number of aliphatic imine (C=N–C) groups is 1. The predicted molar refractivity (Wildman–Crippen MR) is 100 cm³/mol. The third-order valence-electron chi connectivity index (χ3n) is 4.16. The summed E-state index contributed by atoms with van der Waals surface area (Å²) >= 11 is 12.4. The van der Waals surface area contributed by atoms with Crippen molar-refractivity contribution in [3.8, 4) is 17.2 Å². The van der Waals surface area contributed by atoms with Gasteiger partial charge in [0.25, 0.3) is 0 Å². The Balaban J connectivity index is 1.93. The molecule has 1 aliphatic rings. The first-order valence-corrected chi connectivity index (χ1v) is 8.44. The third kappa shape index (κ3) is 2.51. The van der Waals surface area contributed by atoms with E-state index in [1.54, 1.807) is 42.5 Å². The van der Waals surface area contributed by atoms with E-state index >= 15 is 0 Å². The van der Waals surface area contributed by atoms with Gasteiger partial charge < -0.3 is 0 Å². The summed E-state index contributed by atoms with van der Waals surface area (Å²) in [7, 11) is 0. The molecule has 5 nitrogen and oxygen atoms in total. The van der Waals surface area contributed by atoms with Crippen LogP contribution in [0.25, 0.3) is 11.1 Å². The van der Waals surface area contributed by atoms with Crippen LogP contribution >= 0.6 is 23.2 Å². The summed E-state index contributed by atoms with van der Waals surface area (Å²) in [6.07, 6.45) is 0. The van der Waals surface area contributed by atoms with Gasteiger partial charge in [0.05, 0.1) is 22.3 Å². The number of fused-ring (bicyclic) bond motifs is 1. The van der Waals surface area contributed by atoms with Crippen molar-refractivity contribution in [2.75, 3.05) is 0 Å². The highest BCUT2D eigenvalue weighted by atomic mass is 35.5. The van der Waals surface area contributed by atoms with Gasteiger partial charge in [0.1, 0.15) is 11.4 Å². The van der Waals surface area contributed by atoms with Crippen LogP contribution < -0.4 is 0 Å². The van der Waals surface area contributed by atoms with Crippen LogP contribution in [-0.4, -0.2) is 21.5 Å². The Kier molecular flexibility index (Phi) is 3.87. The van der Waals surface area contributed by atoms with E-state index in [1.165, 1.54) is 4.68 Å². The van der Waals surface area contributed by atoms with Crippen LogP contribution in [0, 0.1) is 18.3 Å². The molecule has 0 N–H and O–H groups in total. The van der Waals surface area contributed by atoms with E-state index in [-0.39, 0.29) is 0 Å². The Morgan fingerprint density at radius 2 is 1.85 bits per heavy atom. The maximum atomic E-state index is 12.3. The van der Waals surface area contributed by atoms with Gasteiger partial charge in [-0.15, -0.1) is 0 Å². The van der Waals surface area contributed by atoms with E-state index in [1.807, 2.05) is 6.92 Å². The van der Waals surface area contributed by atoms with Gasteiger partial charge in [-0.05, 0) is 31.2 Å². The maximum Gasteiger partial charge on any atom is 0.369 e. The molecule has 1 amide bonds. The van der Waals surface area contributed by atoms with Crippen LogP contribution in [0.15, 0.2) is 47.5 Å². The van der Waals surface area contributed by atoms with Crippen LogP contribution in [0.2, 0.25) is 10.0 Å². The predicted octanol–water partition coefficient (Wildman–Crippen LogP) is 4.86. The Morgan fingerprint density at radius 3 is 2.50 bits per heavy atom. The minimum atomic E-state index is -0.459. The second kappa shape index (κ2) is 6.10. The number of aryl methyl sites for hydroxylation is 1. The zero-order valence-corrected chi connectivity index (χ0v) is 15.0. The van der Waals surface area contributed by atoms with Crippen LogP contribution in [0.3, 0.4) is 0 Å². The lowest BCUT2D eigenvalue weighted by Gasteiger charge is -2.08. The molecule has 0 radical (unpaired) electrons. The molecule has 0 atom stereocenters. The number of carbonyl (C=O) groups is 1. The summed E-state index contributed by atoms with van der Waals surface area (Å²) in [6.45, 7) is 1.81.